The van der Waals surface area contributed by atoms with E-state index in [-0.39, 0.29) is 17.6 Å². The summed E-state index contributed by atoms with van der Waals surface area (Å²) in [5.74, 6) is 0.504. The van der Waals surface area contributed by atoms with Crippen molar-refractivity contribution in [3.8, 4) is 0 Å². The van der Waals surface area contributed by atoms with E-state index < -0.39 is 6.10 Å². The van der Waals surface area contributed by atoms with Crippen LogP contribution in [-0.2, 0) is 4.79 Å². The summed E-state index contributed by atoms with van der Waals surface area (Å²) in [5.41, 5.74) is 0. The molecule has 1 fully saturated rings. The van der Waals surface area contributed by atoms with Crippen LogP contribution in [0.3, 0.4) is 0 Å². The molecular formula is C12H22O2. The summed E-state index contributed by atoms with van der Waals surface area (Å²) < 4.78 is 0. The zero-order chi connectivity index (χ0) is 10.6. The van der Waals surface area contributed by atoms with Gasteiger partial charge >= 0.3 is 0 Å². The third kappa shape index (κ3) is 2.81. The second-order valence-corrected chi connectivity index (χ2v) is 4.58. The average Bonchev–Trinajstić information content (AvgIpc) is 2.59. The first-order chi connectivity index (χ1) is 6.66. The van der Waals surface area contributed by atoms with Gasteiger partial charge in [0.25, 0.3) is 0 Å². The van der Waals surface area contributed by atoms with E-state index >= 15 is 0 Å². The third-order valence-corrected chi connectivity index (χ3v) is 3.36. The van der Waals surface area contributed by atoms with Crippen molar-refractivity contribution in [2.45, 2.75) is 58.5 Å². The highest BCUT2D eigenvalue weighted by molar-refractivity contribution is 5.83. The Morgan fingerprint density at radius 2 is 2.29 bits per heavy atom. The van der Waals surface area contributed by atoms with Crippen LogP contribution in [0.5, 0.6) is 0 Å². The molecule has 0 aliphatic heterocycles. The molecule has 14 heavy (non-hydrogen) atoms. The van der Waals surface area contributed by atoms with Crippen LogP contribution in [-0.4, -0.2) is 17.0 Å². The molecule has 0 bridgehead atoms. The third-order valence-electron chi connectivity index (χ3n) is 3.36. The molecule has 1 aliphatic carbocycles. The number of aliphatic hydroxyl groups is 1. The van der Waals surface area contributed by atoms with Crippen LogP contribution in [0, 0.1) is 11.8 Å². The summed E-state index contributed by atoms with van der Waals surface area (Å²) in [6.45, 7) is 4.21. The van der Waals surface area contributed by atoms with Gasteiger partial charge in [-0.3, -0.25) is 4.79 Å². The minimum absolute atomic E-state index is 0.0538. The molecule has 1 rings (SSSR count). The maximum atomic E-state index is 11.4. The Balaban J connectivity index is 2.38. The molecule has 1 N–H and O–H groups in total. The van der Waals surface area contributed by atoms with Crippen molar-refractivity contribution in [2.24, 2.45) is 11.8 Å². The molecule has 0 aromatic heterocycles. The highest BCUT2D eigenvalue weighted by atomic mass is 16.3. The molecule has 0 amide bonds. The molecule has 82 valence electrons. The zero-order valence-corrected chi connectivity index (χ0v) is 9.33. The summed E-state index contributed by atoms with van der Waals surface area (Å²) in [7, 11) is 0. The number of rotatable bonds is 5. The molecule has 0 aromatic rings. The summed E-state index contributed by atoms with van der Waals surface area (Å²) >= 11 is 0. The predicted molar refractivity (Wildman–Crippen MR) is 57.0 cm³/mol. The standard InChI is InChI=1S/C12H22O2/c1-3-4-6-9(2)12(14)10-7-5-8-11(10)13/h9-10,12,14H,3-8H2,1-2H3. The van der Waals surface area contributed by atoms with Crippen molar-refractivity contribution in [3.05, 3.63) is 0 Å². The Labute approximate surface area is 86.7 Å². The number of carbonyl (C=O) groups excluding carboxylic acids is 1. The first-order valence-corrected chi connectivity index (χ1v) is 5.87. The lowest BCUT2D eigenvalue weighted by atomic mass is 9.87. The number of Topliss-reactive ketones (excluding diaryl/α,β-unsaturated/α-hetero) is 1. The fourth-order valence-electron chi connectivity index (χ4n) is 2.30. The second kappa shape index (κ2) is 5.50. The lowest BCUT2D eigenvalue weighted by Gasteiger charge is -2.23. The van der Waals surface area contributed by atoms with E-state index in [1.54, 1.807) is 0 Å². The Bertz CT molecular complexity index is 189. The minimum Gasteiger partial charge on any atom is -0.392 e. The van der Waals surface area contributed by atoms with Crippen molar-refractivity contribution in [1.82, 2.24) is 0 Å². The molecule has 2 nitrogen and oxygen atoms in total. The van der Waals surface area contributed by atoms with E-state index in [1.165, 1.54) is 0 Å². The quantitative estimate of drug-likeness (QED) is 0.737. The first-order valence-electron chi connectivity index (χ1n) is 5.87. The zero-order valence-electron chi connectivity index (χ0n) is 9.33. The average molecular weight is 198 g/mol. The predicted octanol–water partition coefficient (Wildman–Crippen LogP) is 2.54. The maximum absolute atomic E-state index is 11.4. The number of carbonyl (C=O) groups is 1. The molecule has 2 heteroatoms. The van der Waals surface area contributed by atoms with Gasteiger partial charge in [0.05, 0.1) is 6.10 Å². The largest absolute Gasteiger partial charge is 0.392 e. The van der Waals surface area contributed by atoms with Crippen LogP contribution in [0.15, 0.2) is 0 Å². The molecule has 3 unspecified atom stereocenters. The van der Waals surface area contributed by atoms with E-state index in [0.29, 0.717) is 6.42 Å². The molecule has 0 radical (unpaired) electrons. The highest BCUT2D eigenvalue weighted by Gasteiger charge is 2.33. The number of aliphatic hydroxyl groups excluding tert-OH is 1. The Kier molecular flexibility index (Phi) is 4.59. The highest BCUT2D eigenvalue weighted by Crippen LogP contribution is 2.29. The van der Waals surface area contributed by atoms with Gasteiger partial charge in [-0.25, -0.2) is 0 Å². The van der Waals surface area contributed by atoms with Crippen molar-refractivity contribution >= 4 is 5.78 Å². The monoisotopic (exact) mass is 198 g/mol. The lowest BCUT2D eigenvalue weighted by Crippen LogP contribution is -2.30. The van der Waals surface area contributed by atoms with Crippen molar-refractivity contribution in [2.75, 3.05) is 0 Å². The summed E-state index contributed by atoms with van der Waals surface area (Å²) in [5, 5.41) is 9.99. The normalized spacial score (nSPS) is 26.5. The van der Waals surface area contributed by atoms with Gasteiger partial charge in [0, 0.05) is 12.3 Å². The topological polar surface area (TPSA) is 37.3 Å². The van der Waals surface area contributed by atoms with E-state index in [4.69, 9.17) is 0 Å². The fourth-order valence-corrected chi connectivity index (χ4v) is 2.30. The van der Waals surface area contributed by atoms with E-state index in [0.717, 1.165) is 32.1 Å². The maximum Gasteiger partial charge on any atom is 0.138 e. The summed E-state index contributed by atoms with van der Waals surface area (Å²) in [6.07, 6.45) is 5.52. The van der Waals surface area contributed by atoms with Crippen LogP contribution < -0.4 is 0 Å². The van der Waals surface area contributed by atoms with Gasteiger partial charge in [-0.15, -0.1) is 0 Å². The van der Waals surface area contributed by atoms with Gasteiger partial charge in [0.1, 0.15) is 5.78 Å². The van der Waals surface area contributed by atoms with Gasteiger partial charge in [0.15, 0.2) is 0 Å². The molecule has 0 spiro atoms. The lowest BCUT2D eigenvalue weighted by molar-refractivity contribution is -0.124. The Morgan fingerprint density at radius 1 is 1.57 bits per heavy atom. The van der Waals surface area contributed by atoms with Crippen LogP contribution in [0.4, 0.5) is 0 Å². The van der Waals surface area contributed by atoms with Gasteiger partial charge in [-0.2, -0.15) is 0 Å². The second-order valence-electron chi connectivity index (χ2n) is 4.58. The van der Waals surface area contributed by atoms with E-state index in [1.807, 2.05) is 0 Å². The van der Waals surface area contributed by atoms with Gasteiger partial charge < -0.3 is 5.11 Å². The summed E-state index contributed by atoms with van der Waals surface area (Å²) in [6, 6.07) is 0. The molecular weight excluding hydrogens is 176 g/mol. The SMILES string of the molecule is CCCCC(C)C(O)C1CCCC1=O. The molecule has 1 saturated carbocycles. The minimum atomic E-state index is -0.392. The van der Waals surface area contributed by atoms with E-state index in [9.17, 15) is 9.90 Å². The van der Waals surface area contributed by atoms with Crippen molar-refractivity contribution in [3.63, 3.8) is 0 Å². The van der Waals surface area contributed by atoms with Crippen LogP contribution in [0.2, 0.25) is 0 Å². The van der Waals surface area contributed by atoms with Crippen LogP contribution in [0.25, 0.3) is 0 Å². The van der Waals surface area contributed by atoms with Gasteiger partial charge in [0.2, 0.25) is 0 Å². The van der Waals surface area contributed by atoms with Crippen LogP contribution in [0.1, 0.15) is 52.4 Å². The number of hydrogen-bond donors (Lipinski definition) is 1. The molecule has 3 atom stereocenters. The van der Waals surface area contributed by atoms with Crippen molar-refractivity contribution in [1.29, 1.82) is 0 Å². The van der Waals surface area contributed by atoms with Crippen LogP contribution >= 0.6 is 0 Å². The summed E-state index contributed by atoms with van der Waals surface area (Å²) in [4.78, 5) is 11.4. The van der Waals surface area contributed by atoms with Gasteiger partial charge in [-0.05, 0) is 25.2 Å². The fraction of sp³-hybridized carbons (Fsp3) is 0.917. The van der Waals surface area contributed by atoms with Gasteiger partial charge in [-0.1, -0.05) is 26.7 Å². The number of unbranched alkanes of at least 4 members (excludes halogenated alkanes) is 1. The molecule has 1 aliphatic rings. The van der Waals surface area contributed by atoms with Crippen molar-refractivity contribution < 1.29 is 9.90 Å². The molecule has 0 saturated heterocycles. The Hall–Kier alpha value is -0.370. The smallest absolute Gasteiger partial charge is 0.138 e. The molecule has 0 heterocycles. The number of ketones is 1. The molecule has 0 aromatic carbocycles. The number of hydrogen-bond acceptors (Lipinski definition) is 2. The first kappa shape index (κ1) is 11.7. The van der Waals surface area contributed by atoms with E-state index in [2.05, 4.69) is 13.8 Å². The Morgan fingerprint density at radius 3 is 2.79 bits per heavy atom.